The van der Waals surface area contributed by atoms with Crippen molar-refractivity contribution in [2.24, 2.45) is 0 Å². The number of nitrogens with zero attached hydrogens (tertiary/aromatic N) is 1. The van der Waals surface area contributed by atoms with Gasteiger partial charge in [0.2, 0.25) is 0 Å². The van der Waals surface area contributed by atoms with E-state index in [0.717, 1.165) is 36.9 Å². The summed E-state index contributed by atoms with van der Waals surface area (Å²) in [7, 11) is 0. The van der Waals surface area contributed by atoms with Crippen molar-refractivity contribution in [3.05, 3.63) is 46.2 Å². The third kappa shape index (κ3) is 6.80. The Morgan fingerprint density at radius 1 is 1.24 bits per heavy atom. The van der Waals surface area contributed by atoms with Crippen molar-refractivity contribution in [3.63, 3.8) is 0 Å². The van der Waals surface area contributed by atoms with Crippen LogP contribution in [0, 0.1) is 0 Å². The normalized spacial score (nSPS) is 17.7. The third-order valence-corrected chi connectivity index (χ3v) is 6.50. The molecule has 1 aromatic carbocycles. The van der Waals surface area contributed by atoms with Crippen LogP contribution < -0.4 is 5.32 Å². The van der Waals surface area contributed by atoms with E-state index in [0.29, 0.717) is 24.6 Å². The molecule has 0 saturated carbocycles. The topological polar surface area (TPSA) is 61.8 Å². The number of hydrogen-bond acceptors (Lipinski definition) is 4. The van der Waals surface area contributed by atoms with Gasteiger partial charge in [-0.15, -0.1) is 0 Å². The van der Waals surface area contributed by atoms with Gasteiger partial charge in [0.15, 0.2) is 0 Å². The number of carbonyl (C=O) groups is 1. The molecule has 0 aromatic heterocycles. The van der Waals surface area contributed by atoms with Gasteiger partial charge >= 0.3 is 6.09 Å². The number of ether oxygens (including phenoxy) is 1. The van der Waals surface area contributed by atoms with Crippen LogP contribution in [0.5, 0.6) is 5.75 Å². The summed E-state index contributed by atoms with van der Waals surface area (Å²) < 4.78 is 5.78. The second-order valence-electron chi connectivity index (χ2n) is 10.7. The van der Waals surface area contributed by atoms with Gasteiger partial charge in [0.1, 0.15) is 11.4 Å². The standard InChI is InChI=1S/C29H46N2O3/c1-10-13-22(20(6)11-2)27-24(30-23-15-14-21(19(4)5)18-26(23)32)16-17-31(25(27)12-3)28(33)34-29(7,8)9/h14-15,18-19,25,30,32H,10-13,16-17H2,1-9H3. The first kappa shape index (κ1) is 27.8. The van der Waals surface area contributed by atoms with Crippen LogP contribution in [0.4, 0.5) is 10.5 Å². The third-order valence-electron chi connectivity index (χ3n) is 6.50. The minimum Gasteiger partial charge on any atom is -0.506 e. The Morgan fingerprint density at radius 3 is 2.41 bits per heavy atom. The molecule has 0 aliphatic carbocycles. The van der Waals surface area contributed by atoms with E-state index < -0.39 is 5.60 Å². The first-order valence-corrected chi connectivity index (χ1v) is 12.9. The molecule has 190 valence electrons. The van der Waals surface area contributed by atoms with Crippen molar-refractivity contribution in [1.29, 1.82) is 0 Å². The lowest BCUT2D eigenvalue weighted by atomic mass is 9.84. The molecule has 1 heterocycles. The number of carbonyl (C=O) groups excluding carboxylic acids is 1. The zero-order chi connectivity index (χ0) is 25.6. The summed E-state index contributed by atoms with van der Waals surface area (Å²) in [5.41, 5.74) is 6.23. The molecular formula is C29H46N2O3. The quantitative estimate of drug-likeness (QED) is 0.376. The predicted octanol–water partition coefficient (Wildman–Crippen LogP) is 8.13. The summed E-state index contributed by atoms with van der Waals surface area (Å²) in [5.74, 6) is 0.608. The molecular weight excluding hydrogens is 424 g/mol. The van der Waals surface area contributed by atoms with Crippen LogP contribution in [0.1, 0.15) is 106 Å². The summed E-state index contributed by atoms with van der Waals surface area (Å²) in [6.45, 7) is 19.3. The van der Waals surface area contributed by atoms with Crippen LogP contribution >= 0.6 is 0 Å². The second-order valence-corrected chi connectivity index (χ2v) is 10.7. The van der Waals surface area contributed by atoms with E-state index in [2.05, 4.69) is 52.9 Å². The summed E-state index contributed by atoms with van der Waals surface area (Å²) in [4.78, 5) is 15.1. The molecule has 0 saturated heterocycles. The smallest absolute Gasteiger partial charge is 0.410 e. The molecule has 0 spiro atoms. The van der Waals surface area contributed by atoms with Gasteiger partial charge in [0.25, 0.3) is 0 Å². The summed E-state index contributed by atoms with van der Waals surface area (Å²) in [6.07, 6.45) is 4.16. The van der Waals surface area contributed by atoms with Crippen LogP contribution in [-0.4, -0.2) is 34.3 Å². The highest BCUT2D eigenvalue weighted by atomic mass is 16.6. The van der Waals surface area contributed by atoms with E-state index in [1.165, 1.54) is 16.7 Å². The van der Waals surface area contributed by atoms with Crippen LogP contribution in [-0.2, 0) is 4.74 Å². The van der Waals surface area contributed by atoms with E-state index >= 15 is 0 Å². The number of rotatable bonds is 8. The molecule has 1 aliphatic rings. The summed E-state index contributed by atoms with van der Waals surface area (Å²) >= 11 is 0. The highest BCUT2D eigenvalue weighted by Crippen LogP contribution is 2.38. The number of phenolic OH excluding ortho intramolecular Hbond substituents is 1. The van der Waals surface area contributed by atoms with Gasteiger partial charge in [-0.3, -0.25) is 0 Å². The van der Waals surface area contributed by atoms with E-state index in [9.17, 15) is 9.90 Å². The molecule has 1 atom stereocenters. The molecule has 2 rings (SSSR count). The van der Waals surface area contributed by atoms with Crippen molar-refractivity contribution in [2.45, 2.75) is 112 Å². The molecule has 5 nitrogen and oxygen atoms in total. The maximum atomic E-state index is 13.2. The lowest BCUT2D eigenvalue weighted by Crippen LogP contribution is -2.48. The maximum Gasteiger partial charge on any atom is 0.410 e. The number of benzene rings is 1. The predicted molar refractivity (Wildman–Crippen MR) is 142 cm³/mol. The Balaban J connectivity index is 2.61. The molecule has 0 radical (unpaired) electrons. The Hall–Kier alpha value is -2.43. The highest BCUT2D eigenvalue weighted by Gasteiger charge is 2.36. The van der Waals surface area contributed by atoms with E-state index in [-0.39, 0.29) is 17.9 Å². The minimum absolute atomic E-state index is 0.0776. The molecule has 1 aliphatic heterocycles. The Labute approximate surface area is 207 Å². The largest absolute Gasteiger partial charge is 0.506 e. The number of allylic oxidation sites excluding steroid dienone is 1. The number of hydrogen-bond donors (Lipinski definition) is 2. The van der Waals surface area contributed by atoms with Crippen LogP contribution in [0.25, 0.3) is 0 Å². The van der Waals surface area contributed by atoms with Crippen molar-refractivity contribution < 1.29 is 14.6 Å². The molecule has 0 bridgehead atoms. The summed E-state index contributed by atoms with van der Waals surface area (Å²) in [6, 6.07) is 5.80. The molecule has 1 unspecified atom stereocenters. The maximum absolute atomic E-state index is 13.2. The average molecular weight is 471 g/mol. The van der Waals surface area contributed by atoms with E-state index in [1.54, 1.807) is 0 Å². The fourth-order valence-electron chi connectivity index (χ4n) is 4.57. The van der Waals surface area contributed by atoms with Crippen molar-refractivity contribution in [1.82, 2.24) is 4.90 Å². The van der Waals surface area contributed by atoms with Crippen molar-refractivity contribution in [2.75, 3.05) is 11.9 Å². The van der Waals surface area contributed by atoms with Gasteiger partial charge < -0.3 is 20.1 Å². The van der Waals surface area contributed by atoms with Gasteiger partial charge in [-0.2, -0.15) is 0 Å². The fourth-order valence-corrected chi connectivity index (χ4v) is 4.57. The number of aromatic hydroxyl groups is 1. The molecule has 5 heteroatoms. The van der Waals surface area contributed by atoms with Gasteiger partial charge in [-0.05, 0) is 81.7 Å². The van der Waals surface area contributed by atoms with Gasteiger partial charge in [0, 0.05) is 18.7 Å². The van der Waals surface area contributed by atoms with Crippen LogP contribution in [0.2, 0.25) is 0 Å². The monoisotopic (exact) mass is 470 g/mol. The van der Waals surface area contributed by atoms with Gasteiger partial charge in [-0.25, -0.2) is 4.79 Å². The number of nitrogens with one attached hydrogen (secondary N) is 1. The molecule has 0 fully saturated rings. The first-order chi connectivity index (χ1) is 15.9. The molecule has 1 aromatic rings. The SMILES string of the molecule is CCCC(=C(C)CC)C1=C(Nc2ccc(C(C)C)cc2O)CCN(C(=O)OC(C)(C)C)C1CC. The second kappa shape index (κ2) is 11.8. The minimum atomic E-state index is -0.539. The van der Waals surface area contributed by atoms with E-state index in [1.807, 2.05) is 37.8 Å². The zero-order valence-corrected chi connectivity index (χ0v) is 22.8. The zero-order valence-electron chi connectivity index (χ0n) is 22.8. The van der Waals surface area contributed by atoms with E-state index in [4.69, 9.17) is 4.74 Å². The average Bonchev–Trinajstić information content (AvgIpc) is 2.76. The summed E-state index contributed by atoms with van der Waals surface area (Å²) in [5, 5.41) is 14.3. The molecule has 34 heavy (non-hydrogen) atoms. The van der Waals surface area contributed by atoms with Crippen LogP contribution in [0.3, 0.4) is 0 Å². The van der Waals surface area contributed by atoms with Gasteiger partial charge in [0.05, 0.1) is 11.7 Å². The Morgan fingerprint density at radius 2 is 1.91 bits per heavy atom. The molecule has 1 amide bonds. The number of amides is 1. The Kier molecular flexibility index (Phi) is 9.66. The van der Waals surface area contributed by atoms with Crippen LogP contribution in [0.15, 0.2) is 40.6 Å². The highest BCUT2D eigenvalue weighted by molar-refractivity contribution is 5.71. The first-order valence-electron chi connectivity index (χ1n) is 12.9. The van der Waals surface area contributed by atoms with Crippen molar-refractivity contribution in [3.8, 4) is 5.75 Å². The van der Waals surface area contributed by atoms with Gasteiger partial charge in [-0.1, -0.05) is 52.7 Å². The fraction of sp³-hybridized carbons (Fsp3) is 0.621. The van der Waals surface area contributed by atoms with Crippen molar-refractivity contribution >= 4 is 11.8 Å². The number of anilines is 1. The molecule has 2 N–H and O–H groups in total. The lowest BCUT2D eigenvalue weighted by molar-refractivity contribution is 0.0176. The Bertz CT molecular complexity index is 922. The number of phenols is 1. The lowest BCUT2D eigenvalue weighted by Gasteiger charge is -2.40.